The molecule has 0 atom stereocenters. The first-order valence-corrected chi connectivity index (χ1v) is 6.37. The maximum absolute atomic E-state index is 13.1. The summed E-state index contributed by atoms with van der Waals surface area (Å²) in [5.41, 5.74) is -0.839. The molecule has 0 spiro atoms. The van der Waals surface area contributed by atoms with Gasteiger partial charge < -0.3 is 5.32 Å². The number of benzene rings is 1. The number of hydrogen-bond donors (Lipinski definition) is 1. The lowest BCUT2D eigenvalue weighted by Gasteiger charge is -2.10. The molecule has 4 nitrogen and oxygen atoms in total. The highest BCUT2D eigenvalue weighted by Crippen LogP contribution is 2.31. The van der Waals surface area contributed by atoms with Crippen molar-refractivity contribution in [1.82, 2.24) is 20.3 Å². The standard InChI is InChI=1S/C13H14F4N4/c14-12-3-2-10(8-11(12)13(15,16)17)9-18-4-1-6-21-7-5-19-20-21/h2-3,5,7-8,18H,1,4,6,9H2. The number of aryl methyl sites for hydroxylation is 1. The molecule has 21 heavy (non-hydrogen) atoms. The minimum Gasteiger partial charge on any atom is -0.313 e. The zero-order chi connectivity index (χ0) is 15.3. The quantitative estimate of drug-likeness (QED) is 0.659. The smallest absolute Gasteiger partial charge is 0.313 e. The topological polar surface area (TPSA) is 42.7 Å². The van der Waals surface area contributed by atoms with Gasteiger partial charge in [0.05, 0.1) is 11.8 Å². The van der Waals surface area contributed by atoms with E-state index in [2.05, 4.69) is 15.6 Å². The van der Waals surface area contributed by atoms with E-state index in [4.69, 9.17) is 0 Å². The Morgan fingerprint density at radius 2 is 2.05 bits per heavy atom. The molecule has 0 aliphatic rings. The van der Waals surface area contributed by atoms with Crippen molar-refractivity contribution in [2.45, 2.75) is 25.7 Å². The molecule has 1 N–H and O–H groups in total. The van der Waals surface area contributed by atoms with E-state index < -0.39 is 17.6 Å². The average molecular weight is 302 g/mol. The minimum absolute atomic E-state index is 0.251. The van der Waals surface area contributed by atoms with Crippen molar-refractivity contribution >= 4 is 0 Å². The van der Waals surface area contributed by atoms with Crippen molar-refractivity contribution in [2.75, 3.05) is 6.54 Å². The predicted octanol–water partition coefficient (Wildman–Crippen LogP) is 2.62. The number of rotatable bonds is 6. The second-order valence-electron chi connectivity index (χ2n) is 4.51. The Morgan fingerprint density at radius 3 is 2.71 bits per heavy atom. The van der Waals surface area contributed by atoms with Gasteiger partial charge in [-0.25, -0.2) is 4.39 Å². The van der Waals surface area contributed by atoms with E-state index in [9.17, 15) is 17.6 Å². The van der Waals surface area contributed by atoms with Crippen LogP contribution in [0.2, 0.25) is 0 Å². The highest BCUT2D eigenvalue weighted by Gasteiger charge is 2.34. The van der Waals surface area contributed by atoms with E-state index in [0.29, 0.717) is 18.7 Å². The monoisotopic (exact) mass is 302 g/mol. The molecule has 0 aliphatic carbocycles. The molecule has 0 saturated heterocycles. The van der Waals surface area contributed by atoms with Crippen molar-refractivity contribution in [3.05, 3.63) is 47.5 Å². The summed E-state index contributed by atoms with van der Waals surface area (Å²) in [6.45, 7) is 1.53. The molecule has 0 radical (unpaired) electrons. The van der Waals surface area contributed by atoms with Crippen LogP contribution in [0.5, 0.6) is 0 Å². The first-order valence-electron chi connectivity index (χ1n) is 6.37. The number of halogens is 4. The van der Waals surface area contributed by atoms with Crippen LogP contribution in [0.3, 0.4) is 0 Å². The molecule has 1 aromatic carbocycles. The summed E-state index contributed by atoms with van der Waals surface area (Å²) >= 11 is 0. The summed E-state index contributed by atoms with van der Waals surface area (Å²) in [6.07, 6.45) is -0.607. The maximum Gasteiger partial charge on any atom is 0.419 e. The van der Waals surface area contributed by atoms with E-state index in [1.807, 2.05) is 0 Å². The largest absolute Gasteiger partial charge is 0.419 e. The number of nitrogens with zero attached hydrogens (tertiary/aromatic N) is 3. The average Bonchev–Trinajstić information content (AvgIpc) is 2.92. The molecule has 2 rings (SSSR count). The minimum atomic E-state index is -4.67. The van der Waals surface area contributed by atoms with Crippen LogP contribution in [0.25, 0.3) is 0 Å². The Labute approximate surface area is 118 Å². The fourth-order valence-electron chi connectivity index (χ4n) is 1.85. The van der Waals surface area contributed by atoms with Crippen LogP contribution in [0.4, 0.5) is 17.6 Å². The Bertz CT molecular complexity index is 566. The van der Waals surface area contributed by atoms with Gasteiger partial charge in [-0.15, -0.1) is 5.10 Å². The molecule has 0 saturated carbocycles. The van der Waals surface area contributed by atoms with Crippen molar-refractivity contribution in [2.24, 2.45) is 0 Å². The molecule has 0 fully saturated rings. The van der Waals surface area contributed by atoms with Gasteiger partial charge in [0.15, 0.2) is 0 Å². The van der Waals surface area contributed by atoms with Gasteiger partial charge in [0.25, 0.3) is 0 Å². The van der Waals surface area contributed by atoms with Crippen LogP contribution in [-0.4, -0.2) is 21.5 Å². The van der Waals surface area contributed by atoms with Crippen LogP contribution < -0.4 is 5.32 Å². The third-order valence-electron chi connectivity index (χ3n) is 2.88. The number of nitrogens with one attached hydrogen (secondary N) is 1. The molecule has 114 valence electrons. The van der Waals surface area contributed by atoms with Crippen molar-refractivity contribution in [3.8, 4) is 0 Å². The number of alkyl halides is 3. The maximum atomic E-state index is 13.1. The molecule has 0 unspecified atom stereocenters. The Hall–Kier alpha value is -1.96. The highest BCUT2D eigenvalue weighted by molar-refractivity contribution is 5.27. The summed E-state index contributed by atoms with van der Waals surface area (Å²) in [4.78, 5) is 0. The van der Waals surface area contributed by atoms with Gasteiger partial charge in [-0.2, -0.15) is 13.2 Å². The van der Waals surface area contributed by atoms with Gasteiger partial charge in [-0.3, -0.25) is 4.68 Å². The third-order valence-corrected chi connectivity index (χ3v) is 2.88. The predicted molar refractivity (Wildman–Crippen MR) is 67.7 cm³/mol. The molecule has 0 aliphatic heterocycles. The Morgan fingerprint density at radius 1 is 1.24 bits per heavy atom. The van der Waals surface area contributed by atoms with Crippen LogP contribution in [-0.2, 0) is 19.3 Å². The summed E-state index contributed by atoms with van der Waals surface area (Å²) in [6, 6.07) is 3.02. The van der Waals surface area contributed by atoms with Gasteiger partial charge in [0.1, 0.15) is 5.82 Å². The SMILES string of the molecule is Fc1ccc(CNCCCn2ccnn2)cc1C(F)(F)F. The van der Waals surface area contributed by atoms with E-state index in [1.165, 1.54) is 6.07 Å². The van der Waals surface area contributed by atoms with Crippen molar-refractivity contribution in [3.63, 3.8) is 0 Å². The number of hydrogen-bond acceptors (Lipinski definition) is 3. The highest BCUT2D eigenvalue weighted by atomic mass is 19.4. The van der Waals surface area contributed by atoms with Crippen LogP contribution in [0.15, 0.2) is 30.6 Å². The summed E-state index contributed by atoms with van der Waals surface area (Å²) in [5, 5.41) is 10.5. The molecule has 1 aromatic heterocycles. The van der Waals surface area contributed by atoms with Crippen molar-refractivity contribution < 1.29 is 17.6 Å². The summed E-state index contributed by atoms with van der Waals surface area (Å²) < 4.78 is 52.4. The zero-order valence-electron chi connectivity index (χ0n) is 11.1. The first kappa shape index (κ1) is 15.4. The Balaban J connectivity index is 1.80. The molecule has 0 amide bonds. The van der Waals surface area contributed by atoms with Gasteiger partial charge in [-0.05, 0) is 30.7 Å². The summed E-state index contributed by atoms with van der Waals surface area (Å²) in [7, 11) is 0. The van der Waals surface area contributed by atoms with Crippen LogP contribution >= 0.6 is 0 Å². The van der Waals surface area contributed by atoms with Crippen LogP contribution in [0, 0.1) is 5.82 Å². The summed E-state index contributed by atoms with van der Waals surface area (Å²) in [5.74, 6) is -1.25. The van der Waals surface area contributed by atoms with Gasteiger partial charge in [0, 0.05) is 19.3 Å². The van der Waals surface area contributed by atoms with E-state index >= 15 is 0 Å². The fourth-order valence-corrected chi connectivity index (χ4v) is 1.85. The second-order valence-corrected chi connectivity index (χ2v) is 4.51. The lowest BCUT2D eigenvalue weighted by atomic mass is 10.1. The van der Waals surface area contributed by atoms with Gasteiger partial charge >= 0.3 is 6.18 Å². The van der Waals surface area contributed by atoms with E-state index in [-0.39, 0.29) is 6.54 Å². The number of aromatic nitrogens is 3. The second kappa shape index (κ2) is 6.66. The normalized spacial score (nSPS) is 11.8. The molecule has 2 aromatic rings. The van der Waals surface area contributed by atoms with Crippen molar-refractivity contribution in [1.29, 1.82) is 0 Å². The van der Waals surface area contributed by atoms with Gasteiger partial charge in [0.2, 0.25) is 0 Å². The Kier molecular flexibility index (Phi) is 4.89. The lowest BCUT2D eigenvalue weighted by Crippen LogP contribution is -2.17. The van der Waals surface area contributed by atoms with Gasteiger partial charge in [-0.1, -0.05) is 11.3 Å². The molecular formula is C13H14F4N4. The van der Waals surface area contributed by atoms with E-state index in [0.717, 1.165) is 18.6 Å². The molecule has 8 heteroatoms. The molecular weight excluding hydrogens is 288 g/mol. The van der Waals surface area contributed by atoms with E-state index in [1.54, 1.807) is 17.1 Å². The molecule has 1 heterocycles. The first-order chi connectivity index (χ1) is 9.97. The fraction of sp³-hybridized carbons (Fsp3) is 0.385. The third kappa shape index (κ3) is 4.52. The lowest BCUT2D eigenvalue weighted by molar-refractivity contribution is -0.140. The molecule has 0 bridgehead atoms. The van der Waals surface area contributed by atoms with Crippen LogP contribution in [0.1, 0.15) is 17.5 Å². The zero-order valence-corrected chi connectivity index (χ0v) is 11.1.